The molecule has 0 bridgehead atoms. The van der Waals surface area contributed by atoms with E-state index >= 15 is 0 Å². The maximum Gasteiger partial charge on any atom is 0.307 e. The van der Waals surface area contributed by atoms with Crippen molar-refractivity contribution in [2.24, 2.45) is 5.92 Å². The minimum atomic E-state index is -0.694. The maximum atomic E-state index is 11.2. The first-order valence-corrected chi connectivity index (χ1v) is 9.21. The lowest BCUT2D eigenvalue weighted by molar-refractivity contribution is -0.141. The van der Waals surface area contributed by atoms with Crippen LogP contribution in [0.1, 0.15) is 12.0 Å². The van der Waals surface area contributed by atoms with E-state index in [9.17, 15) is 9.90 Å². The Bertz CT molecular complexity index is 858. The molecule has 1 aliphatic rings. The molecule has 0 aliphatic carbocycles. The molecule has 25 heavy (non-hydrogen) atoms. The molecule has 0 saturated carbocycles. The van der Waals surface area contributed by atoms with Gasteiger partial charge in [0.2, 0.25) is 0 Å². The highest BCUT2D eigenvalue weighted by Crippen LogP contribution is 2.30. The molecule has 1 saturated heterocycles. The maximum absolute atomic E-state index is 11.2. The van der Waals surface area contributed by atoms with Crippen molar-refractivity contribution in [3.8, 4) is 16.3 Å². The van der Waals surface area contributed by atoms with E-state index < -0.39 is 5.97 Å². The standard InChI is InChI=1S/C19H19N3O2S/c23-19(24)14-8-9-21(11-14)12-15-13-22(16-5-2-1-3-6-16)20-18(15)17-7-4-10-25-17/h1-7,10,13-14H,8-9,11-12H2,(H,23,24). The lowest BCUT2D eigenvalue weighted by Gasteiger charge is -2.14. The third-order valence-corrected chi connectivity index (χ3v) is 5.46. The van der Waals surface area contributed by atoms with Crippen molar-refractivity contribution in [1.82, 2.24) is 14.7 Å². The summed E-state index contributed by atoms with van der Waals surface area (Å²) in [4.78, 5) is 14.5. The van der Waals surface area contributed by atoms with Crippen LogP contribution in [0.2, 0.25) is 0 Å². The molecule has 1 aromatic carbocycles. The quantitative estimate of drug-likeness (QED) is 0.763. The van der Waals surface area contributed by atoms with Gasteiger partial charge in [-0.05, 0) is 36.5 Å². The summed E-state index contributed by atoms with van der Waals surface area (Å²) in [5.74, 6) is -0.949. The second-order valence-corrected chi connectivity index (χ2v) is 7.27. The molecular formula is C19H19N3O2S. The van der Waals surface area contributed by atoms with Gasteiger partial charge in [0.05, 0.1) is 16.5 Å². The van der Waals surface area contributed by atoms with Crippen LogP contribution in [-0.4, -0.2) is 38.8 Å². The average molecular weight is 353 g/mol. The Hall–Kier alpha value is -2.44. The molecule has 1 N–H and O–H groups in total. The SMILES string of the molecule is O=C(O)C1CCN(Cc2cn(-c3ccccc3)nc2-c2cccs2)C1. The Balaban J connectivity index is 1.64. The third-order valence-electron chi connectivity index (χ3n) is 4.58. The molecule has 6 heteroatoms. The van der Waals surface area contributed by atoms with E-state index in [-0.39, 0.29) is 5.92 Å². The number of aromatic nitrogens is 2. The van der Waals surface area contributed by atoms with Crippen LogP contribution in [0.4, 0.5) is 0 Å². The van der Waals surface area contributed by atoms with Gasteiger partial charge in [-0.2, -0.15) is 5.10 Å². The number of benzene rings is 1. The molecule has 1 aliphatic heterocycles. The van der Waals surface area contributed by atoms with Gasteiger partial charge in [0.15, 0.2) is 0 Å². The zero-order chi connectivity index (χ0) is 17.2. The second-order valence-electron chi connectivity index (χ2n) is 6.32. The summed E-state index contributed by atoms with van der Waals surface area (Å²) in [6, 6.07) is 14.2. The van der Waals surface area contributed by atoms with Crippen molar-refractivity contribution < 1.29 is 9.90 Å². The van der Waals surface area contributed by atoms with Gasteiger partial charge in [-0.1, -0.05) is 24.3 Å². The number of rotatable bonds is 5. The second kappa shape index (κ2) is 6.82. The molecule has 3 heterocycles. The van der Waals surface area contributed by atoms with Crippen LogP contribution in [0.3, 0.4) is 0 Å². The van der Waals surface area contributed by atoms with Crippen LogP contribution in [0.5, 0.6) is 0 Å². The first-order valence-electron chi connectivity index (χ1n) is 8.34. The van der Waals surface area contributed by atoms with Crippen molar-refractivity contribution in [3.63, 3.8) is 0 Å². The van der Waals surface area contributed by atoms with Gasteiger partial charge < -0.3 is 5.11 Å². The molecule has 1 unspecified atom stereocenters. The van der Waals surface area contributed by atoms with Gasteiger partial charge in [0.1, 0.15) is 5.69 Å². The monoisotopic (exact) mass is 353 g/mol. The Kier molecular flexibility index (Phi) is 4.38. The molecule has 128 valence electrons. The van der Waals surface area contributed by atoms with Gasteiger partial charge in [-0.25, -0.2) is 4.68 Å². The molecular weight excluding hydrogens is 334 g/mol. The zero-order valence-corrected chi connectivity index (χ0v) is 14.5. The van der Waals surface area contributed by atoms with Crippen LogP contribution in [0.25, 0.3) is 16.3 Å². The third kappa shape index (κ3) is 3.36. The summed E-state index contributed by atoms with van der Waals surface area (Å²) in [5, 5.41) is 16.1. The minimum Gasteiger partial charge on any atom is -0.481 e. The summed E-state index contributed by atoms with van der Waals surface area (Å²) in [6.45, 7) is 2.15. The summed E-state index contributed by atoms with van der Waals surface area (Å²) >= 11 is 1.67. The summed E-state index contributed by atoms with van der Waals surface area (Å²) in [6.07, 6.45) is 2.79. The molecule has 2 aromatic heterocycles. The Morgan fingerprint density at radius 3 is 2.76 bits per heavy atom. The predicted octanol–water partition coefficient (Wildman–Crippen LogP) is 3.51. The molecule has 5 nitrogen and oxygen atoms in total. The van der Waals surface area contributed by atoms with Gasteiger partial charge >= 0.3 is 5.97 Å². The van der Waals surface area contributed by atoms with Crippen LogP contribution in [-0.2, 0) is 11.3 Å². The fourth-order valence-corrected chi connectivity index (χ4v) is 4.02. The molecule has 0 amide bonds. The van der Waals surface area contributed by atoms with Crippen molar-refractivity contribution in [1.29, 1.82) is 0 Å². The van der Waals surface area contributed by atoms with Gasteiger partial charge in [-0.15, -0.1) is 11.3 Å². The van der Waals surface area contributed by atoms with Crippen molar-refractivity contribution in [3.05, 3.63) is 59.6 Å². The molecule has 1 fully saturated rings. The van der Waals surface area contributed by atoms with E-state index in [1.165, 1.54) is 0 Å². The Morgan fingerprint density at radius 2 is 2.08 bits per heavy atom. The molecule has 1 atom stereocenters. The largest absolute Gasteiger partial charge is 0.481 e. The lowest BCUT2D eigenvalue weighted by atomic mass is 10.1. The number of likely N-dealkylation sites (tertiary alicyclic amines) is 1. The lowest BCUT2D eigenvalue weighted by Crippen LogP contribution is -2.22. The summed E-state index contributed by atoms with van der Waals surface area (Å²) < 4.78 is 1.91. The van der Waals surface area contributed by atoms with Gasteiger partial charge in [-0.3, -0.25) is 9.69 Å². The minimum absolute atomic E-state index is 0.255. The molecule has 0 radical (unpaired) electrons. The van der Waals surface area contributed by atoms with Gasteiger partial charge in [0.25, 0.3) is 0 Å². The summed E-state index contributed by atoms with van der Waals surface area (Å²) in [7, 11) is 0. The smallest absolute Gasteiger partial charge is 0.307 e. The number of nitrogens with zero attached hydrogens (tertiary/aromatic N) is 3. The normalized spacial score (nSPS) is 17.8. The van der Waals surface area contributed by atoms with Crippen LogP contribution in [0, 0.1) is 5.92 Å². The van der Waals surface area contributed by atoms with Crippen LogP contribution >= 0.6 is 11.3 Å². The van der Waals surface area contributed by atoms with E-state index in [0.29, 0.717) is 6.54 Å². The number of carboxylic acid groups (broad SMARTS) is 1. The van der Waals surface area contributed by atoms with Gasteiger partial charge in [0, 0.05) is 24.8 Å². The number of carbonyl (C=O) groups is 1. The fraction of sp³-hybridized carbons (Fsp3) is 0.263. The highest BCUT2D eigenvalue weighted by molar-refractivity contribution is 7.13. The molecule has 0 spiro atoms. The number of hydrogen-bond acceptors (Lipinski definition) is 4. The highest BCUT2D eigenvalue weighted by Gasteiger charge is 2.29. The van der Waals surface area contributed by atoms with Crippen molar-refractivity contribution >= 4 is 17.3 Å². The van der Waals surface area contributed by atoms with E-state index in [0.717, 1.165) is 41.3 Å². The summed E-state index contributed by atoms with van der Waals surface area (Å²) in [5.41, 5.74) is 3.14. The number of hydrogen-bond donors (Lipinski definition) is 1. The number of thiophene rings is 1. The fourth-order valence-electron chi connectivity index (χ4n) is 3.28. The Morgan fingerprint density at radius 1 is 1.24 bits per heavy atom. The van der Waals surface area contributed by atoms with E-state index in [1.807, 2.05) is 41.1 Å². The van der Waals surface area contributed by atoms with E-state index in [1.54, 1.807) is 11.3 Å². The average Bonchev–Trinajstić information content (AvgIpc) is 3.36. The number of para-hydroxylation sites is 1. The number of aliphatic carboxylic acids is 1. The molecule has 3 aromatic rings. The Labute approximate surface area is 150 Å². The van der Waals surface area contributed by atoms with Crippen molar-refractivity contribution in [2.45, 2.75) is 13.0 Å². The van der Waals surface area contributed by atoms with Crippen LogP contribution < -0.4 is 0 Å². The number of carboxylic acids is 1. The zero-order valence-electron chi connectivity index (χ0n) is 13.7. The first kappa shape index (κ1) is 16.1. The van der Waals surface area contributed by atoms with E-state index in [4.69, 9.17) is 5.10 Å². The van der Waals surface area contributed by atoms with Crippen LogP contribution in [0.15, 0.2) is 54.0 Å². The van der Waals surface area contributed by atoms with Crippen molar-refractivity contribution in [2.75, 3.05) is 13.1 Å². The topological polar surface area (TPSA) is 58.4 Å². The first-order chi connectivity index (χ1) is 12.2. The highest BCUT2D eigenvalue weighted by atomic mass is 32.1. The molecule has 4 rings (SSSR count). The van der Waals surface area contributed by atoms with E-state index in [2.05, 4.69) is 22.5 Å². The predicted molar refractivity (Wildman–Crippen MR) is 97.9 cm³/mol.